The molecule has 2 heteroatoms. The molecule has 0 saturated carbocycles. The number of nitrogens with zero attached hydrogens (tertiary/aromatic N) is 1. The number of rotatable bonds is 2. The van der Waals surface area contributed by atoms with E-state index in [-0.39, 0.29) is 0 Å². The fraction of sp³-hybridized carbons (Fsp3) is 0. The van der Waals surface area contributed by atoms with Crippen LogP contribution in [0.25, 0.3) is 38.6 Å². The van der Waals surface area contributed by atoms with Gasteiger partial charge in [-0.1, -0.05) is 78.3 Å². The molecule has 5 aromatic rings. The minimum atomic E-state index is 0.788. The highest BCUT2D eigenvalue weighted by atomic mass is 15.0. The van der Waals surface area contributed by atoms with Gasteiger partial charge in [0.15, 0.2) is 0 Å². The Morgan fingerprint density at radius 2 is 0.962 bits per heavy atom. The highest BCUT2D eigenvalue weighted by Crippen LogP contribution is 2.32. The molecule has 2 radical (unpaired) electrons. The molecule has 0 spiro atoms. The monoisotopic (exact) mass is 329 g/mol. The van der Waals surface area contributed by atoms with Gasteiger partial charge in [-0.3, -0.25) is 0 Å². The predicted molar refractivity (Wildman–Crippen MR) is 112 cm³/mol. The second-order valence-electron chi connectivity index (χ2n) is 6.54. The molecule has 0 aliphatic carbocycles. The fourth-order valence-corrected chi connectivity index (χ4v) is 3.68. The predicted octanol–water partition coefficient (Wildman–Crippen LogP) is 5.24. The van der Waals surface area contributed by atoms with Crippen LogP contribution in [0, 0.1) is 0 Å². The molecule has 120 valence electrons. The molecule has 0 N–H and O–H groups in total. The van der Waals surface area contributed by atoms with Crippen LogP contribution in [-0.2, 0) is 0 Å². The van der Waals surface area contributed by atoms with Crippen molar-refractivity contribution in [2.45, 2.75) is 0 Å². The van der Waals surface area contributed by atoms with E-state index in [4.69, 9.17) is 7.85 Å². The molecule has 26 heavy (non-hydrogen) atoms. The van der Waals surface area contributed by atoms with Gasteiger partial charge in [0.2, 0.25) is 0 Å². The van der Waals surface area contributed by atoms with E-state index in [9.17, 15) is 0 Å². The van der Waals surface area contributed by atoms with Gasteiger partial charge < -0.3 is 4.57 Å². The summed E-state index contributed by atoms with van der Waals surface area (Å²) in [6.45, 7) is 0. The van der Waals surface area contributed by atoms with Gasteiger partial charge in [0.25, 0.3) is 0 Å². The lowest BCUT2D eigenvalue weighted by atomic mass is 9.94. The van der Waals surface area contributed by atoms with E-state index in [0.717, 1.165) is 5.46 Å². The summed E-state index contributed by atoms with van der Waals surface area (Å²) in [5.41, 5.74) is 6.78. The largest absolute Gasteiger partial charge is 0.309 e. The first-order valence-electron chi connectivity index (χ1n) is 8.76. The standard InChI is InChI=1S/C24H16BN/c25-19-13-9-17(10-14-19)18-11-15-20(16-12-18)26-23-7-3-1-5-21(23)22-6-2-4-8-24(22)26/h1-16H. The molecule has 0 fully saturated rings. The molecule has 0 aliphatic rings. The Bertz CT molecular complexity index is 1160. The van der Waals surface area contributed by atoms with E-state index in [2.05, 4.69) is 89.5 Å². The van der Waals surface area contributed by atoms with Gasteiger partial charge in [0.05, 0.1) is 11.0 Å². The number of fused-ring (bicyclic) bond motifs is 3. The highest BCUT2D eigenvalue weighted by molar-refractivity contribution is 6.32. The van der Waals surface area contributed by atoms with Gasteiger partial charge in [-0.2, -0.15) is 0 Å². The average molecular weight is 329 g/mol. The van der Waals surface area contributed by atoms with Crippen molar-refractivity contribution in [3.05, 3.63) is 97.1 Å². The number of benzene rings is 4. The lowest BCUT2D eigenvalue weighted by Crippen LogP contribution is -1.99. The molecule has 0 unspecified atom stereocenters. The van der Waals surface area contributed by atoms with Gasteiger partial charge in [-0.15, -0.1) is 0 Å². The van der Waals surface area contributed by atoms with Gasteiger partial charge >= 0.3 is 0 Å². The first-order valence-corrected chi connectivity index (χ1v) is 8.76. The molecule has 4 aromatic carbocycles. The fourth-order valence-electron chi connectivity index (χ4n) is 3.68. The van der Waals surface area contributed by atoms with Gasteiger partial charge in [-0.05, 0) is 35.4 Å². The molecular weight excluding hydrogens is 313 g/mol. The summed E-state index contributed by atoms with van der Waals surface area (Å²) in [5, 5.41) is 2.57. The second-order valence-corrected chi connectivity index (χ2v) is 6.54. The molecule has 1 nitrogen and oxygen atoms in total. The molecular formula is C24H16BN. The Hall–Kier alpha value is -3.26. The summed E-state index contributed by atoms with van der Waals surface area (Å²) in [6.07, 6.45) is 0. The molecule has 0 atom stereocenters. The zero-order chi connectivity index (χ0) is 17.5. The van der Waals surface area contributed by atoms with Crippen LogP contribution in [0.2, 0.25) is 0 Å². The zero-order valence-corrected chi connectivity index (χ0v) is 14.3. The van der Waals surface area contributed by atoms with Crippen molar-refractivity contribution in [3.8, 4) is 16.8 Å². The summed E-state index contributed by atoms with van der Waals surface area (Å²) in [7, 11) is 5.80. The van der Waals surface area contributed by atoms with Gasteiger partial charge in [-0.25, -0.2) is 0 Å². The normalized spacial score (nSPS) is 11.2. The maximum Gasteiger partial charge on any atom is 0.113 e. The first-order chi connectivity index (χ1) is 12.8. The molecule has 5 rings (SSSR count). The van der Waals surface area contributed by atoms with Crippen LogP contribution in [0.4, 0.5) is 0 Å². The van der Waals surface area contributed by atoms with Crippen LogP contribution in [0.15, 0.2) is 97.1 Å². The molecule has 0 saturated heterocycles. The summed E-state index contributed by atoms with van der Waals surface area (Å²) in [4.78, 5) is 0. The van der Waals surface area contributed by atoms with Gasteiger partial charge in [0, 0.05) is 16.5 Å². The lowest BCUT2D eigenvalue weighted by molar-refractivity contribution is 1.18. The maximum absolute atomic E-state index is 5.80. The van der Waals surface area contributed by atoms with Gasteiger partial charge in [0.1, 0.15) is 7.85 Å². The van der Waals surface area contributed by atoms with Crippen molar-refractivity contribution in [1.29, 1.82) is 0 Å². The number of hydrogen-bond acceptors (Lipinski definition) is 0. The number of aromatic nitrogens is 1. The van der Waals surface area contributed by atoms with Crippen LogP contribution in [0.1, 0.15) is 0 Å². The van der Waals surface area contributed by atoms with E-state index in [0.29, 0.717) is 0 Å². The smallest absolute Gasteiger partial charge is 0.113 e. The Morgan fingerprint density at radius 1 is 0.500 bits per heavy atom. The van der Waals surface area contributed by atoms with Crippen molar-refractivity contribution in [1.82, 2.24) is 4.57 Å². The lowest BCUT2D eigenvalue weighted by Gasteiger charge is -2.09. The van der Waals surface area contributed by atoms with Crippen LogP contribution < -0.4 is 5.46 Å². The van der Waals surface area contributed by atoms with E-state index < -0.39 is 0 Å². The van der Waals surface area contributed by atoms with E-state index >= 15 is 0 Å². The summed E-state index contributed by atoms with van der Waals surface area (Å²) in [5.74, 6) is 0. The first kappa shape index (κ1) is 15.0. The van der Waals surface area contributed by atoms with E-state index in [1.165, 1.54) is 38.6 Å². The minimum Gasteiger partial charge on any atom is -0.309 e. The maximum atomic E-state index is 5.80. The third-order valence-corrected chi connectivity index (χ3v) is 4.95. The SMILES string of the molecule is [B]c1ccc(-c2ccc(-n3c4ccccc4c4ccccc43)cc2)cc1. The minimum absolute atomic E-state index is 0.788. The van der Waals surface area contributed by atoms with Crippen molar-refractivity contribution < 1.29 is 0 Å². The van der Waals surface area contributed by atoms with Crippen molar-refractivity contribution in [2.75, 3.05) is 0 Å². The van der Waals surface area contributed by atoms with E-state index in [1.807, 2.05) is 12.1 Å². The number of para-hydroxylation sites is 2. The van der Waals surface area contributed by atoms with Crippen molar-refractivity contribution in [3.63, 3.8) is 0 Å². The molecule has 1 heterocycles. The Balaban J connectivity index is 1.69. The van der Waals surface area contributed by atoms with Crippen molar-refractivity contribution >= 4 is 35.1 Å². The van der Waals surface area contributed by atoms with Crippen LogP contribution in [0.5, 0.6) is 0 Å². The topological polar surface area (TPSA) is 4.93 Å². The Labute approximate surface area is 153 Å². The highest BCUT2D eigenvalue weighted by Gasteiger charge is 2.11. The van der Waals surface area contributed by atoms with Crippen LogP contribution >= 0.6 is 0 Å². The van der Waals surface area contributed by atoms with E-state index in [1.54, 1.807) is 0 Å². The van der Waals surface area contributed by atoms with Crippen LogP contribution in [0.3, 0.4) is 0 Å². The number of hydrogen-bond donors (Lipinski definition) is 0. The molecule has 0 bridgehead atoms. The van der Waals surface area contributed by atoms with Crippen LogP contribution in [-0.4, -0.2) is 12.4 Å². The summed E-state index contributed by atoms with van der Waals surface area (Å²) >= 11 is 0. The third-order valence-electron chi connectivity index (χ3n) is 4.95. The molecule has 0 aliphatic heterocycles. The Morgan fingerprint density at radius 3 is 1.50 bits per heavy atom. The Kier molecular flexibility index (Phi) is 3.43. The average Bonchev–Trinajstić information content (AvgIpc) is 3.03. The summed E-state index contributed by atoms with van der Waals surface area (Å²) < 4.78 is 2.33. The molecule has 1 aromatic heterocycles. The van der Waals surface area contributed by atoms with Crippen molar-refractivity contribution in [2.24, 2.45) is 0 Å². The quantitative estimate of drug-likeness (QED) is 0.390. The molecule has 0 amide bonds. The summed E-state index contributed by atoms with van der Waals surface area (Å²) in [6, 6.07) is 33.9. The second kappa shape index (κ2) is 5.92. The third kappa shape index (κ3) is 2.34. The zero-order valence-electron chi connectivity index (χ0n) is 14.3.